The second-order valence-electron chi connectivity index (χ2n) is 5.49. The maximum absolute atomic E-state index is 6.01. The van der Waals surface area contributed by atoms with Gasteiger partial charge in [-0.3, -0.25) is 0 Å². The van der Waals surface area contributed by atoms with E-state index in [1.807, 2.05) is 6.07 Å². The Morgan fingerprint density at radius 1 is 1.47 bits per heavy atom. The Bertz CT molecular complexity index is 359. The molecule has 0 aromatic carbocycles. The van der Waals surface area contributed by atoms with Crippen LogP contribution in [0.1, 0.15) is 38.0 Å². The Balaban J connectivity index is 1.95. The fourth-order valence-corrected chi connectivity index (χ4v) is 3.81. The Hall–Kier alpha value is -0.0500. The summed E-state index contributed by atoms with van der Waals surface area (Å²) < 4.78 is 0.916. The lowest BCUT2D eigenvalue weighted by atomic mass is 9.81. The third-order valence-corrected chi connectivity index (χ3v) is 4.96. The molecule has 1 aliphatic carbocycles. The topological polar surface area (TPSA) is 12.0 Å². The molecule has 1 unspecified atom stereocenters. The highest BCUT2D eigenvalue weighted by atomic mass is 35.5. The quantitative estimate of drug-likeness (QED) is 0.727. The first kappa shape index (κ1) is 13.4. The zero-order valence-electron chi connectivity index (χ0n) is 10.8. The summed E-state index contributed by atoms with van der Waals surface area (Å²) in [5, 5.41) is 3.60. The molecular formula is C14H22ClNS. The molecule has 1 fully saturated rings. The number of hydrogen-bond donors (Lipinski definition) is 1. The van der Waals surface area contributed by atoms with Crippen LogP contribution in [0, 0.1) is 11.3 Å². The Labute approximate surface area is 114 Å². The monoisotopic (exact) mass is 271 g/mol. The summed E-state index contributed by atoms with van der Waals surface area (Å²) in [4.78, 5) is 1.43. The van der Waals surface area contributed by atoms with Crippen LogP contribution in [-0.2, 0) is 6.42 Å². The highest BCUT2D eigenvalue weighted by Gasteiger charge is 2.41. The van der Waals surface area contributed by atoms with E-state index in [-0.39, 0.29) is 0 Å². The number of nitrogens with one attached hydrogen (secondary N) is 1. The zero-order chi connectivity index (χ0) is 12.3. The van der Waals surface area contributed by atoms with Crippen molar-refractivity contribution in [2.45, 2.75) is 39.5 Å². The van der Waals surface area contributed by atoms with Gasteiger partial charge in [0.15, 0.2) is 0 Å². The van der Waals surface area contributed by atoms with Crippen molar-refractivity contribution in [1.82, 2.24) is 5.32 Å². The van der Waals surface area contributed by atoms with Gasteiger partial charge in [-0.1, -0.05) is 25.4 Å². The second kappa shape index (κ2) is 5.73. The van der Waals surface area contributed by atoms with Gasteiger partial charge in [0.1, 0.15) is 0 Å². The van der Waals surface area contributed by atoms with Crippen molar-refractivity contribution < 1.29 is 0 Å². The molecule has 0 amide bonds. The normalized spacial score (nSPS) is 19.2. The predicted octanol–water partition coefficient (Wildman–Crippen LogP) is 4.36. The SMILES string of the molecule is CCCNCC(C)(Cc1ccc(Cl)s1)C1CC1. The highest BCUT2D eigenvalue weighted by Crippen LogP contribution is 2.47. The summed E-state index contributed by atoms with van der Waals surface area (Å²) in [7, 11) is 0. The Morgan fingerprint density at radius 2 is 2.24 bits per heavy atom. The minimum Gasteiger partial charge on any atom is -0.316 e. The average molecular weight is 272 g/mol. The van der Waals surface area contributed by atoms with Crippen LogP contribution in [-0.4, -0.2) is 13.1 Å². The molecule has 1 saturated carbocycles. The molecule has 0 aliphatic heterocycles. The fraction of sp³-hybridized carbons (Fsp3) is 0.714. The molecular weight excluding hydrogens is 250 g/mol. The molecule has 1 nitrogen and oxygen atoms in total. The van der Waals surface area contributed by atoms with E-state index in [1.165, 1.54) is 30.6 Å². The molecule has 0 spiro atoms. The summed E-state index contributed by atoms with van der Waals surface area (Å²) in [6.45, 7) is 6.93. The van der Waals surface area contributed by atoms with Gasteiger partial charge in [0.25, 0.3) is 0 Å². The number of rotatable bonds is 7. The van der Waals surface area contributed by atoms with E-state index < -0.39 is 0 Å². The molecule has 0 bridgehead atoms. The minimum atomic E-state index is 0.420. The van der Waals surface area contributed by atoms with Crippen LogP contribution in [0.4, 0.5) is 0 Å². The summed E-state index contributed by atoms with van der Waals surface area (Å²) in [6, 6.07) is 4.21. The highest BCUT2D eigenvalue weighted by molar-refractivity contribution is 7.16. The fourth-order valence-electron chi connectivity index (χ4n) is 2.53. The van der Waals surface area contributed by atoms with Crippen LogP contribution in [0.15, 0.2) is 12.1 Å². The van der Waals surface area contributed by atoms with Crippen molar-refractivity contribution >= 4 is 22.9 Å². The molecule has 0 radical (unpaired) electrons. The molecule has 1 atom stereocenters. The summed E-state index contributed by atoms with van der Waals surface area (Å²) in [5.74, 6) is 0.910. The maximum Gasteiger partial charge on any atom is 0.0931 e. The van der Waals surface area contributed by atoms with Gasteiger partial charge in [0, 0.05) is 11.4 Å². The van der Waals surface area contributed by atoms with E-state index in [0.29, 0.717) is 5.41 Å². The largest absolute Gasteiger partial charge is 0.316 e. The van der Waals surface area contributed by atoms with E-state index in [2.05, 4.69) is 25.2 Å². The lowest BCUT2D eigenvalue weighted by molar-refractivity contribution is 0.258. The maximum atomic E-state index is 6.01. The van der Waals surface area contributed by atoms with Gasteiger partial charge in [-0.2, -0.15) is 0 Å². The van der Waals surface area contributed by atoms with Crippen LogP contribution in [0.2, 0.25) is 4.34 Å². The van der Waals surface area contributed by atoms with E-state index in [0.717, 1.165) is 23.3 Å². The smallest absolute Gasteiger partial charge is 0.0931 e. The van der Waals surface area contributed by atoms with E-state index >= 15 is 0 Å². The van der Waals surface area contributed by atoms with Gasteiger partial charge >= 0.3 is 0 Å². The first-order valence-electron chi connectivity index (χ1n) is 6.59. The van der Waals surface area contributed by atoms with Gasteiger partial charge in [-0.15, -0.1) is 11.3 Å². The predicted molar refractivity (Wildman–Crippen MR) is 77.0 cm³/mol. The molecule has 1 aliphatic rings. The van der Waals surface area contributed by atoms with Crippen molar-refractivity contribution in [1.29, 1.82) is 0 Å². The lowest BCUT2D eigenvalue weighted by Gasteiger charge is -2.29. The first-order valence-corrected chi connectivity index (χ1v) is 7.78. The first-order chi connectivity index (χ1) is 8.14. The number of hydrogen-bond acceptors (Lipinski definition) is 2. The third-order valence-electron chi connectivity index (χ3n) is 3.73. The molecule has 1 aromatic rings. The van der Waals surface area contributed by atoms with E-state index in [1.54, 1.807) is 11.3 Å². The van der Waals surface area contributed by atoms with Crippen LogP contribution >= 0.6 is 22.9 Å². The summed E-state index contributed by atoms with van der Waals surface area (Å²) >= 11 is 7.75. The van der Waals surface area contributed by atoms with Crippen LogP contribution in [0.5, 0.6) is 0 Å². The second-order valence-corrected chi connectivity index (χ2v) is 7.29. The summed E-state index contributed by atoms with van der Waals surface area (Å²) in [6.07, 6.45) is 5.20. The Morgan fingerprint density at radius 3 is 2.76 bits per heavy atom. The van der Waals surface area contributed by atoms with Gasteiger partial charge < -0.3 is 5.32 Å². The van der Waals surface area contributed by atoms with E-state index in [4.69, 9.17) is 11.6 Å². The summed E-state index contributed by atoms with van der Waals surface area (Å²) in [5.41, 5.74) is 0.420. The molecule has 1 N–H and O–H groups in total. The molecule has 2 rings (SSSR count). The van der Waals surface area contributed by atoms with E-state index in [9.17, 15) is 0 Å². The molecule has 1 aromatic heterocycles. The Kier molecular flexibility index (Phi) is 4.51. The molecule has 96 valence electrons. The minimum absolute atomic E-state index is 0.420. The van der Waals surface area contributed by atoms with Crippen molar-refractivity contribution in [3.63, 3.8) is 0 Å². The van der Waals surface area contributed by atoms with Crippen LogP contribution < -0.4 is 5.32 Å². The number of halogens is 1. The zero-order valence-corrected chi connectivity index (χ0v) is 12.3. The molecule has 1 heterocycles. The number of thiophene rings is 1. The van der Waals surface area contributed by atoms with Crippen molar-refractivity contribution in [3.05, 3.63) is 21.3 Å². The molecule has 3 heteroatoms. The van der Waals surface area contributed by atoms with Crippen molar-refractivity contribution in [2.75, 3.05) is 13.1 Å². The van der Waals surface area contributed by atoms with Gasteiger partial charge in [-0.05, 0) is 55.7 Å². The van der Waals surface area contributed by atoms with Crippen LogP contribution in [0.3, 0.4) is 0 Å². The molecule has 0 saturated heterocycles. The molecule has 17 heavy (non-hydrogen) atoms. The van der Waals surface area contributed by atoms with Crippen molar-refractivity contribution in [2.24, 2.45) is 11.3 Å². The lowest BCUT2D eigenvalue weighted by Crippen LogP contribution is -2.35. The third kappa shape index (κ3) is 3.70. The van der Waals surface area contributed by atoms with Crippen molar-refractivity contribution in [3.8, 4) is 0 Å². The standard InChI is InChI=1S/C14H22ClNS/c1-3-8-16-10-14(2,11-4-5-11)9-12-6-7-13(15)17-12/h6-7,11,16H,3-5,8-10H2,1-2H3. The van der Waals surface area contributed by atoms with Gasteiger partial charge in [0.2, 0.25) is 0 Å². The van der Waals surface area contributed by atoms with Crippen LogP contribution in [0.25, 0.3) is 0 Å². The van der Waals surface area contributed by atoms with Gasteiger partial charge in [-0.25, -0.2) is 0 Å². The average Bonchev–Trinajstić information content (AvgIpc) is 3.05. The van der Waals surface area contributed by atoms with Gasteiger partial charge in [0.05, 0.1) is 4.34 Å².